The largest absolute Gasteiger partial charge is 0.381 e. The van der Waals surface area contributed by atoms with E-state index in [2.05, 4.69) is 19.9 Å². The minimum absolute atomic E-state index is 0.0960. The number of nitrogens with zero attached hydrogens (tertiary/aromatic N) is 3. The van der Waals surface area contributed by atoms with E-state index >= 15 is 0 Å². The number of aromatic amines is 1. The molecule has 0 spiro atoms. The second-order valence-electron chi connectivity index (χ2n) is 6.64. The third-order valence-corrected chi connectivity index (χ3v) is 4.82. The predicted octanol–water partition coefficient (Wildman–Crippen LogP) is 2.70. The first-order chi connectivity index (χ1) is 12.1. The molecule has 0 unspecified atom stereocenters. The summed E-state index contributed by atoms with van der Waals surface area (Å²) in [5.74, 6) is 2.10. The van der Waals surface area contributed by atoms with Crippen LogP contribution in [0.15, 0.2) is 23.1 Å². The van der Waals surface area contributed by atoms with Crippen LogP contribution >= 0.6 is 0 Å². The number of rotatable bonds is 5. The first-order valence-corrected chi connectivity index (χ1v) is 8.95. The van der Waals surface area contributed by atoms with Gasteiger partial charge in [0.1, 0.15) is 11.6 Å². The zero-order chi connectivity index (χ0) is 17.8. The summed E-state index contributed by atoms with van der Waals surface area (Å²) >= 11 is 0. The Morgan fingerprint density at radius 2 is 2.20 bits per heavy atom. The second kappa shape index (κ2) is 7.78. The van der Waals surface area contributed by atoms with E-state index in [1.165, 1.54) is 6.42 Å². The highest BCUT2D eigenvalue weighted by Crippen LogP contribution is 2.23. The first kappa shape index (κ1) is 17.6. The van der Waals surface area contributed by atoms with Gasteiger partial charge in [0.25, 0.3) is 5.56 Å². The van der Waals surface area contributed by atoms with Gasteiger partial charge in [-0.25, -0.2) is 9.97 Å². The van der Waals surface area contributed by atoms with Crippen molar-refractivity contribution in [3.05, 3.63) is 39.9 Å². The average Bonchev–Trinajstić information content (AvgIpc) is 2.64. The van der Waals surface area contributed by atoms with Crippen molar-refractivity contribution < 1.29 is 4.74 Å². The van der Waals surface area contributed by atoms with Crippen molar-refractivity contribution in [3.8, 4) is 11.4 Å². The summed E-state index contributed by atoms with van der Waals surface area (Å²) in [6.45, 7) is 9.25. The summed E-state index contributed by atoms with van der Waals surface area (Å²) in [5, 5.41) is 0. The summed E-state index contributed by atoms with van der Waals surface area (Å²) in [4.78, 5) is 26.1. The van der Waals surface area contributed by atoms with Gasteiger partial charge in [0.2, 0.25) is 0 Å². The lowest BCUT2D eigenvalue weighted by Crippen LogP contribution is -2.37. The van der Waals surface area contributed by atoms with Crippen LogP contribution in [0.4, 0.5) is 5.82 Å². The molecular formula is C19H26N4O2. The van der Waals surface area contributed by atoms with Crippen LogP contribution in [0, 0.1) is 19.8 Å². The van der Waals surface area contributed by atoms with Crippen molar-refractivity contribution in [2.75, 3.05) is 31.2 Å². The fourth-order valence-corrected chi connectivity index (χ4v) is 3.19. The molecule has 1 N–H and O–H groups in total. The molecule has 0 saturated carbocycles. The van der Waals surface area contributed by atoms with Gasteiger partial charge in [-0.15, -0.1) is 0 Å². The molecular weight excluding hydrogens is 316 g/mol. The number of nitrogens with one attached hydrogen (secondary N) is 1. The van der Waals surface area contributed by atoms with E-state index in [1.807, 2.05) is 26.0 Å². The molecule has 0 aliphatic carbocycles. The molecule has 2 aromatic rings. The highest BCUT2D eigenvalue weighted by molar-refractivity contribution is 5.56. The highest BCUT2D eigenvalue weighted by atomic mass is 16.5. The molecule has 0 amide bonds. The topological polar surface area (TPSA) is 71.1 Å². The van der Waals surface area contributed by atoms with Gasteiger partial charge in [0.05, 0.1) is 6.61 Å². The number of ether oxygens (including phenoxy) is 1. The van der Waals surface area contributed by atoms with Gasteiger partial charge in [-0.05, 0) is 51.7 Å². The normalized spacial score (nSPS) is 17.7. The second-order valence-corrected chi connectivity index (χ2v) is 6.64. The van der Waals surface area contributed by atoms with Crippen LogP contribution in [0.5, 0.6) is 0 Å². The molecule has 1 aliphatic heterocycles. The van der Waals surface area contributed by atoms with Crippen LogP contribution in [0.25, 0.3) is 11.4 Å². The highest BCUT2D eigenvalue weighted by Gasteiger charge is 2.21. The van der Waals surface area contributed by atoms with E-state index in [0.29, 0.717) is 17.3 Å². The lowest BCUT2D eigenvalue weighted by atomic mass is 9.99. The molecule has 0 aromatic carbocycles. The van der Waals surface area contributed by atoms with Crippen LogP contribution in [0.2, 0.25) is 0 Å². The Labute approximate surface area is 148 Å². The van der Waals surface area contributed by atoms with Crippen LogP contribution in [0.1, 0.15) is 31.0 Å². The van der Waals surface area contributed by atoms with Gasteiger partial charge in [0.15, 0.2) is 0 Å². The maximum Gasteiger partial charge on any atom is 0.254 e. The molecule has 2 aromatic heterocycles. The van der Waals surface area contributed by atoms with E-state index < -0.39 is 0 Å². The minimum Gasteiger partial charge on any atom is -0.381 e. The van der Waals surface area contributed by atoms with Gasteiger partial charge in [-0.2, -0.15) is 0 Å². The molecule has 0 bridgehead atoms. The maximum absolute atomic E-state index is 11.9. The Balaban J connectivity index is 1.75. The van der Waals surface area contributed by atoms with Gasteiger partial charge in [0, 0.05) is 42.7 Å². The van der Waals surface area contributed by atoms with Crippen LogP contribution in [-0.2, 0) is 4.74 Å². The summed E-state index contributed by atoms with van der Waals surface area (Å²) in [6.07, 6.45) is 4.16. The predicted molar refractivity (Wildman–Crippen MR) is 99.0 cm³/mol. The number of aryl methyl sites for hydroxylation is 1. The van der Waals surface area contributed by atoms with E-state index in [1.54, 1.807) is 13.1 Å². The number of anilines is 1. The Bertz CT molecular complexity index is 770. The molecule has 1 atom stereocenters. The third-order valence-electron chi connectivity index (χ3n) is 4.82. The minimum atomic E-state index is -0.0960. The third kappa shape index (κ3) is 4.07. The standard InChI is InChI=1S/C19H26N4O2/c1-4-25-12-15-6-5-9-23(11-15)17-8-7-16(10-20-17)18-21-14(3)13(2)19(24)22-18/h7-8,10,15H,4-6,9,11-12H2,1-3H3,(H,21,22,24)/t15-/m0/s1. The average molecular weight is 342 g/mol. The van der Waals surface area contributed by atoms with Crippen molar-refractivity contribution in [1.82, 2.24) is 15.0 Å². The lowest BCUT2D eigenvalue weighted by molar-refractivity contribution is 0.104. The van der Waals surface area contributed by atoms with Gasteiger partial charge >= 0.3 is 0 Å². The lowest BCUT2D eigenvalue weighted by Gasteiger charge is -2.33. The van der Waals surface area contributed by atoms with E-state index in [0.717, 1.165) is 49.8 Å². The number of pyridine rings is 1. The zero-order valence-corrected chi connectivity index (χ0v) is 15.2. The van der Waals surface area contributed by atoms with Gasteiger partial charge in [-0.1, -0.05) is 0 Å². The summed E-state index contributed by atoms with van der Waals surface area (Å²) in [6, 6.07) is 3.98. The molecule has 134 valence electrons. The number of piperidine rings is 1. The molecule has 1 saturated heterocycles. The van der Waals surface area contributed by atoms with E-state index in [-0.39, 0.29) is 5.56 Å². The number of hydrogen-bond acceptors (Lipinski definition) is 5. The van der Waals surface area contributed by atoms with Gasteiger partial charge < -0.3 is 14.6 Å². The Morgan fingerprint density at radius 1 is 1.36 bits per heavy atom. The molecule has 1 aliphatic rings. The Morgan fingerprint density at radius 3 is 2.88 bits per heavy atom. The summed E-state index contributed by atoms with van der Waals surface area (Å²) < 4.78 is 5.58. The van der Waals surface area contributed by atoms with E-state index in [4.69, 9.17) is 4.74 Å². The van der Waals surface area contributed by atoms with Crippen LogP contribution < -0.4 is 10.5 Å². The quantitative estimate of drug-likeness (QED) is 0.904. The molecule has 6 nitrogen and oxygen atoms in total. The molecule has 6 heteroatoms. The number of aromatic nitrogens is 3. The smallest absolute Gasteiger partial charge is 0.254 e. The monoisotopic (exact) mass is 342 g/mol. The number of H-pyrrole nitrogens is 1. The van der Waals surface area contributed by atoms with Crippen molar-refractivity contribution in [2.24, 2.45) is 5.92 Å². The van der Waals surface area contributed by atoms with Crippen molar-refractivity contribution in [2.45, 2.75) is 33.6 Å². The Kier molecular flexibility index (Phi) is 5.48. The molecule has 25 heavy (non-hydrogen) atoms. The summed E-state index contributed by atoms with van der Waals surface area (Å²) in [7, 11) is 0. The fourth-order valence-electron chi connectivity index (χ4n) is 3.19. The summed E-state index contributed by atoms with van der Waals surface area (Å²) in [5.41, 5.74) is 2.13. The van der Waals surface area contributed by atoms with Crippen molar-refractivity contribution >= 4 is 5.82 Å². The molecule has 3 heterocycles. The molecule has 0 radical (unpaired) electrons. The van der Waals surface area contributed by atoms with Crippen molar-refractivity contribution in [1.29, 1.82) is 0 Å². The zero-order valence-electron chi connectivity index (χ0n) is 15.2. The molecule has 1 fully saturated rings. The first-order valence-electron chi connectivity index (χ1n) is 8.95. The Hall–Kier alpha value is -2.21. The van der Waals surface area contributed by atoms with Crippen LogP contribution in [-0.4, -0.2) is 41.3 Å². The molecule has 3 rings (SSSR count). The maximum atomic E-state index is 11.9. The van der Waals surface area contributed by atoms with Crippen LogP contribution in [0.3, 0.4) is 0 Å². The number of hydrogen-bond donors (Lipinski definition) is 1. The fraction of sp³-hybridized carbons (Fsp3) is 0.526. The van der Waals surface area contributed by atoms with Crippen molar-refractivity contribution in [3.63, 3.8) is 0 Å². The van der Waals surface area contributed by atoms with Gasteiger partial charge in [-0.3, -0.25) is 4.79 Å². The van der Waals surface area contributed by atoms with E-state index in [9.17, 15) is 4.79 Å². The SMILES string of the molecule is CCOC[C@H]1CCCN(c2ccc(-c3nc(C)c(C)c(=O)[nH]3)cn2)C1.